The first-order chi connectivity index (χ1) is 8.78. The minimum atomic E-state index is 0.484. The zero-order valence-electron chi connectivity index (χ0n) is 10.5. The van der Waals surface area contributed by atoms with Crippen LogP contribution >= 0.6 is 0 Å². The van der Waals surface area contributed by atoms with Crippen molar-refractivity contribution >= 4 is 5.82 Å². The van der Waals surface area contributed by atoms with E-state index in [1.165, 1.54) is 0 Å². The highest BCUT2D eigenvalue weighted by Gasteiger charge is 2.11. The van der Waals surface area contributed by atoms with Crippen molar-refractivity contribution < 1.29 is 9.47 Å². The Bertz CT molecular complexity index is 545. The summed E-state index contributed by atoms with van der Waals surface area (Å²) in [6.07, 6.45) is 1.55. The number of anilines is 1. The number of methoxy groups -OCH3 is 2. The van der Waals surface area contributed by atoms with E-state index in [1.807, 2.05) is 18.2 Å². The molecule has 0 radical (unpaired) electrons. The van der Waals surface area contributed by atoms with Crippen molar-refractivity contribution in [2.24, 2.45) is 0 Å². The lowest BCUT2D eigenvalue weighted by molar-refractivity contribution is 0.404. The largest absolute Gasteiger partial charge is 0.497 e. The second-order valence-corrected chi connectivity index (χ2v) is 3.48. The molecular weight excluding hydrogens is 232 g/mol. The van der Waals surface area contributed by atoms with Crippen molar-refractivity contribution in [3.63, 3.8) is 0 Å². The van der Waals surface area contributed by atoms with Gasteiger partial charge in [-0.25, -0.2) is 4.98 Å². The fraction of sp³-hybridized carbons (Fsp3) is 0.250. The van der Waals surface area contributed by atoms with Crippen molar-refractivity contribution in [2.75, 3.05) is 26.6 Å². The minimum Gasteiger partial charge on any atom is -0.497 e. The highest BCUT2D eigenvalue weighted by molar-refractivity contribution is 5.66. The van der Waals surface area contributed by atoms with Gasteiger partial charge in [-0.15, -0.1) is 5.10 Å². The van der Waals surface area contributed by atoms with Gasteiger partial charge >= 0.3 is 0 Å². The summed E-state index contributed by atoms with van der Waals surface area (Å²) >= 11 is 0. The van der Waals surface area contributed by atoms with Gasteiger partial charge in [0.15, 0.2) is 5.82 Å². The van der Waals surface area contributed by atoms with Crippen LogP contribution in [0.15, 0.2) is 24.4 Å². The third kappa shape index (κ3) is 2.32. The third-order valence-corrected chi connectivity index (χ3v) is 2.46. The van der Waals surface area contributed by atoms with Gasteiger partial charge in [-0.05, 0) is 18.2 Å². The molecule has 0 saturated heterocycles. The van der Waals surface area contributed by atoms with E-state index in [0.29, 0.717) is 23.1 Å². The van der Waals surface area contributed by atoms with Crippen molar-refractivity contribution in [2.45, 2.75) is 0 Å². The molecule has 0 saturated carbocycles. The van der Waals surface area contributed by atoms with Gasteiger partial charge < -0.3 is 14.8 Å². The van der Waals surface area contributed by atoms with Gasteiger partial charge in [-0.1, -0.05) is 0 Å². The minimum absolute atomic E-state index is 0.484. The summed E-state index contributed by atoms with van der Waals surface area (Å²) in [5, 5.41) is 10.8. The molecule has 1 heterocycles. The Hall–Kier alpha value is -2.37. The summed E-state index contributed by atoms with van der Waals surface area (Å²) in [7, 11) is 4.98. The van der Waals surface area contributed by atoms with E-state index >= 15 is 0 Å². The highest BCUT2D eigenvalue weighted by Crippen LogP contribution is 2.31. The smallest absolute Gasteiger partial charge is 0.187 e. The summed E-state index contributed by atoms with van der Waals surface area (Å²) in [6.45, 7) is 0. The zero-order chi connectivity index (χ0) is 13.0. The predicted molar refractivity (Wildman–Crippen MR) is 67.9 cm³/mol. The number of nitrogens with one attached hydrogen (secondary N) is 1. The molecule has 6 heteroatoms. The Morgan fingerprint density at radius 2 is 2.00 bits per heavy atom. The van der Waals surface area contributed by atoms with Crippen LogP contribution in [-0.4, -0.2) is 36.4 Å². The second-order valence-electron chi connectivity index (χ2n) is 3.48. The lowest BCUT2D eigenvalue weighted by Crippen LogP contribution is -2.00. The number of hydrogen-bond acceptors (Lipinski definition) is 6. The average Bonchev–Trinajstić information content (AvgIpc) is 2.46. The lowest BCUT2D eigenvalue weighted by atomic mass is 10.2. The van der Waals surface area contributed by atoms with Gasteiger partial charge in [0.2, 0.25) is 0 Å². The Kier molecular flexibility index (Phi) is 3.57. The van der Waals surface area contributed by atoms with Crippen LogP contribution in [0.25, 0.3) is 11.4 Å². The first kappa shape index (κ1) is 12.1. The maximum atomic E-state index is 5.29. The van der Waals surface area contributed by atoms with Crippen molar-refractivity contribution in [1.29, 1.82) is 0 Å². The van der Waals surface area contributed by atoms with E-state index in [1.54, 1.807) is 27.5 Å². The summed E-state index contributed by atoms with van der Waals surface area (Å²) in [5.41, 5.74) is 0.737. The standard InChI is InChI=1S/C12H14N4O2/c1-13-11-7-14-16-12(15-11)9-6-8(17-2)4-5-10(9)18-3/h4-7H,1-3H3,(H,13,15,16). The van der Waals surface area contributed by atoms with Crippen molar-refractivity contribution in [3.8, 4) is 22.9 Å². The molecule has 2 aromatic rings. The van der Waals surface area contributed by atoms with E-state index in [2.05, 4.69) is 20.5 Å². The fourth-order valence-electron chi connectivity index (χ4n) is 1.53. The first-order valence-corrected chi connectivity index (χ1v) is 5.38. The topological polar surface area (TPSA) is 69.2 Å². The van der Waals surface area contributed by atoms with Crippen LogP contribution in [0.3, 0.4) is 0 Å². The Balaban J connectivity index is 2.53. The van der Waals surface area contributed by atoms with Crippen LogP contribution in [0.5, 0.6) is 11.5 Å². The number of aromatic nitrogens is 3. The van der Waals surface area contributed by atoms with Gasteiger partial charge in [-0.2, -0.15) is 5.10 Å². The predicted octanol–water partition coefficient (Wildman–Crippen LogP) is 1.60. The lowest BCUT2D eigenvalue weighted by Gasteiger charge is -2.09. The summed E-state index contributed by atoms with van der Waals surface area (Å²) < 4.78 is 10.5. The van der Waals surface area contributed by atoms with Gasteiger partial charge in [-0.3, -0.25) is 0 Å². The van der Waals surface area contributed by atoms with Gasteiger partial charge in [0.1, 0.15) is 17.3 Å². The van der Waals surface area contributed by atoms with Crippen LogP contribution in [0.2, 0.25) is 0 Å². The molecule has 1 aromatic carbocycles. The van der Waals surface area contributed by atoms with Crippen molar-refractivity contribution in [3.05, 3.63) is 24.4 Å². The molecule has 1 aromatic heterocycles. The molecule has 0 atom stereocenters. The molecule has 1 N–H and O–H groups in total. The molecule has 0 bridgehead atoms. The van der Waals surface area contributed by atoms with Gasteiger partial charge in [0.25, 0.3) is 0 Å². The molecule has 0 fully saturated rings. The van der Waals surface area contributed by atoms with Gasteiger partial charge in [0.05, 0.1) is 26.0 Å². The normalized spacial score (nSPS) is 9.94. The molecule has 2 rings (SSSR count). The van der Waals surface area contributed by atoms with E-state index < -0.39 is 0 Å². The molecule has 6 nitrogen and oxygen atoms in total. The maximum Gasteiger partial charge on any atom is 0.187 e. The number of nitrogens with zero attached hydrogens (tertiary/aromatic N) is 3. The molecular formula is C12H14N4O2. The molecule has 0 aliphatic heterocycles. The molecule has 0 aliphatic carbocycles. The van der Waals surface area contributed by atoms with Crippen LogP contribution < -0.4 is 14.8 Å². The summed E-state index contributed by atoms with van der Waals surface area (Å²) in [4.78, 5) is 4.33. The monoisotopic (exact) mass is 246 g/mol. The number of benzene rings is 1. The number of ether oxygens (including phenoxy) is 2. The number of hydrogen-bond donors (Lipinski definition) is 1. The van der Waals surface area contributed by atoms with Crippen LogP contribution in [0.1, 0.15) is 0 Å². The highest BCUT2D eigenvalue weighted by atomic mass is 16.5. The summed E-state index contributed by atoms with van der Waals surface area (Å²) in [5.74, 6) is 2.51. The molecule has 0 aliphatic rings. The molecule has 0 amide bonds. The maximum absolute atomic E-state index is 5.29. The summed E-state index contributed by atoms with van der Waals surface area (Å²) in [6, 6.07) is 5.44. The second kappa shape index (κ2) is 5.31. The molecule has 0 unspecified atom stereocenters. The number of rotatable bonds is 4. The van der Waals surface area contributed by atoms with Crippen LogP contribution in [0, 0.1) is 0 Å². The van der Waals surface area contributed by atoms with Crippen LogP contribution in [-0.2, 0) is 0 Å². The average molecular weight is 246 g/mol. The SMILES string of the molecule is CNc1cnnc(-c2cc(OC)ccc2OC)n1. The Morgan fingerprint density at radius 3 is 2.67 bits per heavy atom. The molecule has 0 spiro atoms. The van der Waals surface area contributed by atoms with Crippen LogP contribution in [0.4, 0.5) is 5.82 Å². The zero-order valence-corrected chi connectivity index (χ0v) is 10.5. The van der Waals surface area contributed by atoms with Crippen molar-refractivity contribution in [1.82, 2.24) is 15.2 Å². The van der Waals surface area contributed by atoms with Gasteiger partial charge in [0, 0.05) is 7.05 Å². The fourth-order valence-corrected chi connectivity index (χ4v) is 1.53. The first-order valence-electron chi connectivity index (χ1n) is 5.38. The van der Waals surface area contributed by atoms with E-state index in [0.717, 1.165) is 5.56 Å². The molecule has 94 valence electrons. The quantitative estimate of drug-likeness (QED) is 0.883. The third-order valence-electron chi connectivity index (χ3n) is 2.46. The Labute approximate surface area is 105 Å². The molecule has 18 heavy (non-hydrogen) atoms. The van der Waals surface area contributed by atoms with E-state index in [9.17, 15) is 0 Å². The van der Waals surface area contributed by atoms with E-state index in [-0.39, 0.29) is 0 Å². The Morgan fingerprint density at radius 1 is 1.17 bits per heavy atom. The van der Waals surface area contributed by atoms with E-state index in [4.69, 9.17) is 9.47 Å².